The van der Waals surface area contributed by atoms with Gasteiger partial charge in [-0.05, 0) is 76.5 Å². The Kier molecular flexibility index (Phi) is 4.46. The minimum Gasteiger partial charge on any atom is -0.507 e. The van der Waals surface area contributed by atoms with Crippen LogP contribution in [0.15, 0.2) is 0 Å². The second-order valence-corrected chi connectivity index (χ2v) is 6.45. The lowest BCUT2D eigenvalue weighted by Gasteiger charge is -2.38. The number of fused-ring (bicyclic) bond motifs is 1. The maximum atomic E-state index is 10.2. The van der Waals surface area contributed by atoms with E-state index in [4.69, 9.17) is 10.00 Å². The van der Waals surface area contributed by atoms with Crippen molar-refractivity contribution in [1.82, 2.24) is 0 Å². The zero-order valence-electron chi connectivity index (χ0n) is 13.5. The van der Waals surface area contributed by atoms with Gasteiger partial charge in [0.05, 0.1) is 6.07 Å². The van der Waals surface area contributed by atoms with Crippen molar-refractivity contribution in [3.8, 4) is 17.6 Å². The number of hydrogen-bond donors (Lipinski definition) is 1. The first-order valence-corrected chi connectivity index (χ1v) is 7.77. The van der Waals surface area contributed by atoms with Crippen molar-refractivity contribution in [2.75, 3.05) is 0 Å². The Balaban J connectivity index is 2.22. The van der Waals surface area contributed by atoms with Gasteiger partial charge in [0.25, 0.3) is 0 Å². The fourth-order valence-corrected chi connectivity index (χ4v) is 3.17. The molecule has 3 heteroatoms. The van der Waals surface area contributed by atoms with Gasteiger partial charge in [-0.15, -0.1) is 0 Å². The molecule has 0 radical (unpaired) electrons. The van der Waals surface area contributed by atoms with E-state index in [1.807, 2.05) is 20.8 Å². The lowest BCUT2D eigenvalue weighted by molar-refractivity contribution is 0.0524. The number of nitriles is 1. The first-order chi connectivity index (χ1) is 9.89. The number of nitrogens with zero attached hydrogens (tertiary/aromatic N) is 1. The van der Waals surface area contributed by atoms with Crippen molar-refractivity contribution >= 4 is 0 Å². The standard InChI is InChI=1S/C18H25NO2/c1-12-13(2)17-15(14(3)16(12)20)8-10-18(4,21-17)9-6-5-7-11-19/h20H,5-10H2,1-4H3/t18-/m1/s1. The van der Waals surface area contributed by atoms with E-state index in [1.165, 1.54) is 0 Å². The van der Waals surface area contributed by atoms with Gasteiger partial charge in [0, 0.05) is 12.0 Å². The first kappa shape index (κ1) is 15.7. The van der Waals surface area contributed by atoms with E-state index in [0.717, 1.165) is 60.1 Å². The van der Waals surface area contributed by atoms with Crippen LogP contribution in [0.25, 0.3) is 0 Å². The SMILES string of the molecule is Cc1c(C)c2c(c(C)c1O)CC[C@@](C)(CCCCC#N)O2. The molecule has 0 fully saturated rings. The summed E-state index contributed by atoms with van der Waals surface area (Å²) in [4.78, 5) is 0. The molecule has 1 N–H and O–H groups in total. The Bertz CT molecular complexity index is 586. The van der Waals surface area contributed by atoms with Crippen molar-refractivity contribution in [3.63, 3.8) is 0 Å². The molecule has 1 aromatic carbocycles. The zero-order chi connectivity index (χ0) is 15.6. The molecule has 0 aromatic heterocycles. The Morgan fingerprint density at radius 2 is 1.90 bits per heavy atom. The quantitative estimate of drug-likeness (QED) is 0.830. The fraction of sp³-hybridized carbons (Fsp3) is 0.611. The van der Waals surface area contributed by atoms with Gasteiger partial charge in [0.2, 0.25) is 0 Å². The van der Waals surface area contributed by atoms with E-state index >= 15 is 0 Å². The number of benzene rings is 1. The van der Waals surface area contributed by atoms with E-state index in [0.29, 0.717) is 12.2 Å². The van der Waals surface area contributed by atoms with Gasteiger partial charge in [0.15, 0.2) is 0 Å². The van der Waals surface area contributed by atoms with Crippen LogP contribution in [0.3, 0.4) is 0 Å². The summed E-state index contributed by atoms with van der Waals surface area (Å²) in [5.41, 5.74) is 3.93. The molecule has 0 saturated carbocycles. The van der Waals surface area contributed by atoms with Crippen molar-refractivity contribution in [3.05, 3.63) is 22.3 Å². The van der Waals surface area contributed by atoms with Crippen molar-refractivity contribution < 1.29 is 9.84 Å². The van der Waals surface area contributed by atoms with Crippen LogP contribution in [-0.2, 0) is 6.42 Å². The maximum Gasteiger partial charge on any atom is 0.127 e. The predicted molar refractivity (Wildman–Crippen MR) is 83.8 cm³/mol. The highest BCUT2D eigenvalue weighted by Gasteiger charge is 2.33. The van der Waals surface area contributed by atoms with Gasteiger partial charge in [-0.1, -0.05) is 0 Å². The molecule has 21 heavy (non-hydrogen) atoms. The molecule has 0 aliphatic carbocycles. The zero-order valence-corrected chi connectivity index (χ0v) is 13.5. The van der Waals surface area contributed by atoms with Gasteiger partial charge < -0.3 is 9.84 Å². The number of ether oxygens (including phenoxy) is 1. The third-order valence-corrected chi connectivity index (χ3v) is 4.84. The molecule has 114 valence electrons. The summed E-state index contributed by atoms with van der Waals surface area (Å²) in [6.45, 7) is 8.10. The van der Waals surface area contributed by atoms with Crippen LogP contribution >= 0.6 is 0 Å². The maximum absolute atomic E-state index is 10.2. The average Bonchev–Trinajstić information content (AvgIpc) is 2.47. The molecule has 1 aliphatic heterocycles. The number of hydrogen-bond acceptors (Lipinski definition) is 3. The monoisotopic (exact) mass is 287 g/mol. The summed E-state index contributed by atoms with van der Waals surface area (Å²) in [5, 5.41) is 18.8. The molecular formula is C18H25NO2. The number of aromatic hydroxyl groups is 1. The number of phenols is 1. The molecule has 0 bridgehead atoms. The molecule has 1 aliphatic rings. The summed E-state index contributed by atoms with van der Waals surface area (Å²) in [7, 11) is 0. The Labute approximate surface area is 127 Å². The Morgan fingerprint density at radius 1 is 1.19 bits per heavy atom. The first-order valence-electron chi connectivity index (χ1n) is 7.77. The second kappa shape index (κ2) is 5.97. The van der Waals surface area contributed by atoms with Crippen LogP contribution in [0.5, 0.6) is 11.5 Å². The highest BCUT2D eigenvalue weighted by molar-refractivity contribution is 5.58. The lowest BCUT2D eigenvalue weighted by Crippen LogP contribution is -2.37. The highest BCUT2D eigenvalue weighted by Crippen LogP contribution is 2.44. The molecule has 3 nitrogen and oxygen atoms in total. The van der Waals surface area contributed by atoms with Gasteiger partial charge in [-0.25, -0.2) is 0 Å². The van der Waals surface area contributed by atoms with E-state index in [-0.39, 0.29) is 5.60 Å². The topological polar surface area (TPSA) is 53.2 Å². The number of unbranched alkanes of at least 4 members (excludes halogenated alkanes) is 2. The minimum absolute atomic E-state index is 0.150. The van der Waals surface area contributed by atoms with Gasteiger partial charge in [0.1, 0.15) is 17.1 Å². The van der Waals surface area contributed by atoms with E-state index in [2.05, 4.69) is 13.0 Å². The highest BCUT2D eigenvalue weighted by atomic mass is 16.5. The molecule has 1 heterocycles. The number of phenolic OH excluding ortho intramolecular Hbond substituents is 1. The van der Waals surface area contributed by atoms with E-state index in [9.17, 15) is 5.11 Å². The summed E-state index contributed by atoms with van der Waals surface area (Å²) in [6.07, 6.45) is 5.48. The van der Waals surface area contributed by atoms with Crippen molar-refractivity contribution in [2.24, 2.45) is 0 Å². The normalized spacial score (nSPS) is 20.5. The summed E-state index contributed by atoms with van der Waals surface area (Å²) >= 11 is 0. The summed E-state index contributed by atoms with van der Waals surface area (Å²) in [6, 6.07) is 2.20. The molecule has 0 spiro atoms. The van der Waals surface area contributed by atoms with Gasteiger partial charge in [-0.3, -0.25) is 0 Å². The van der Waals surface area contributed by atoms with Crippen LogP contribution in [0.4, 0.5) is 0 Å². The summed E-state index contributed by atoms with van der Waals surface area (Å²) < 4.78 is 6.35. The molecule has 1 aromatic rings. The van der Waals surface area contributed by atoms with E-state index in [1.54, 1.807) is 0 Å². The van der Waals surface area contributed by atoms with Gasteiger partial charge >= 0.3 is 0 Å². The van der Waals surface area contributed by atoms with E-state index < -0.39 is 0 Å². The molecule has 0 saturated heterocycles. The lowest BCUT2D eigenvalue weighted by atomic mass is 9.84. The second-order valence-electron chi connectivity index (χ2n) is 6.45. The molecule has 0 amide bonds. The largest absolute Gasteiger partial charge is 0.507 e. The van der Waals surface area contributed by atoms with Crippen LogP contribution in [0, 0.1) is 32.1 Å². The molecule has 0 unspecified atom stereocenters. The van der Waals surface area contributed by atoms with Crippen LogP contribution < -0.4 is 4.74 Å². The fourth-order valence-electron chi connectivity index (χ4n) is 3.17. The average molecular weight is 287 g/mol. The minimum atomic E-state index is -0.150. The summed E-state index contributed by atoms with van der Waals surface area (Å²) in [5.74, 6) is 1.38. The Morgan fingerprint density at radius 3 is 2.57 bits per heavy atom. The molecule has 2 rings (SSSR count). The predicted octanol–water partition coefficient (Wildman–Crippen LogP) is 4.49. The van der Waals surface area contributed by atoms with Crippen molar-refractivity contribution in [2.45, 2.75) is 71.8 Å². The molecular weight excluding hydrogens is 262 g/mol. The molecule has 1 atom stereocenters. The number of rotatable bonds is 4. The third kappa shape index (κ3) is 3.00. The van der Waals surface area contributed by atoms with Crippen LogP contribution in [-0.4, -0.2) is 10.7 Å². The Hall–Kier alpha value is -1.69. The van der Waals surface area contributed by atoms with Crippen LogP contribution in [0.2, 0.25) is 0 Å². The van der Waals surface area contributed by atoms with Crippen LogP contribution in [0.1, 0.15) is 61.3 Å². The van der Waals surface area contributed by atoms with Crippen molar-refractivity contribution in [1.29, 1.82) is 5.26 Å². The smallest absolute Gasteiger partial charge is 0.127 e. The van der Waals surface area contributed by atoms with Gasteiger partial charge in [-0.2, -0.15) is 5.26 Å². The third-order valence-electron chi connectivity index (χ3n) is 4.84.